The number of nitrogens with one attached hydrogen (secondary N) is 3. The molecule has 0 aromatic carbocycles. The Morgan fingerprint density at radius 3 is 2.48 bits per heavy atom. The molecular weight excluding hydrogens is 328 g/mol. The topological polar surface area (TPSA) is 145 Å². The van der Waals surface area contributed by atoms with Gasteiger partial charge in [-0.05, 0) is 45.6 Å². The molecule has 0 aromatic heterocycles. The fourth-order valence-corrected chi connectivity index (χ4v) is 1.88. The molecule has 0 aliphatic rings. The predicted molar refractivity (Wildman–Crippen MR) is 92.7 cm³/mol. The average molecular weight is 356 g/mol. The second kappa shape index (κ2) is 12.0. The van der Waals surface area contributed by atoms with Crippen LogP contribution in [0.25, 0.3) is 10.4 Å². The first-order valence-corrected chi connectivity index (χ1v) is 8.18. The van der Waals surface area contributed by atoms with Crippen molar-refractivity contribution in [3.05, 3.63) is 10.4 Å². The number of nitrogens with zero attached hydrogens (tertiary/aromatic N) is 3. The number of azide groups is 1. The number of hydrogen-bond donors (Lipinski definition) is 3. The van der Waals surface area contributed by atoms with Gasteiger partial charge in [-0.1, -0.05) is 5.11 Å². The number of alkyl carbamates (subject to hydrolysis) is 1. The lowest BCUT2D eigenvalue weighted by Crippen LogP contribution is -2.45. The van der Waals surface area contributed by atoms with Crippen molar-refractivity contribution in [1.82, 2.24) is 16.0 Å². The summed E-state index contributed by atoms with van der Waals surface area (Å²) in [7, 11) is 1.49. The van der Waals surface area contributed by atoms with Gasteiger partial charge in [-0.3, -0.25) is 9.59 Å². The molecule has 10 nitrogen and oxygen atoms in total. The number of rotatable bonds is 10. The van der Waals surface area contributed by atoms with Crippen LogP contribution in [0.2, 0.25) is 0 Å². The fourth-order valence-electron chi connectivity index (χ4n) is 1.88. The van der Waals surface area contributed by atoms with Crippen molar-refractivity contribution in [2.75, 3.05) is 20.1 Å². The van der Waals surface area contributed by atoms with Crippen LogP contribution in [0.3, 0.4) is 0 Å². The molecular formula is C15H28N6O4. The molecule has 0 saturated carbocycles. The summed E-state index contributed by atoms with van der Waals surface area (Å²) in [6, 6.07) is -0.662. The van der Waals surface area contributed by atoms with Crippen molar-refractivity contribution >= 4 is 17.9 Å². The van der Waals surface area contributed by atoms with Crippen LogP contribution in [0.1, 0.15) is 46.5 Å². The van der Waals surface area contributed by atoms with Crippen LogP contribution >= 0.6 is 0 Å². The molecule has 10 heteroatoms. The van der Waals surface area contributed by atoms with Gasteiger partial charge in [-0.2, -0.15) is 0 Å². The molecule has 0 saturated heterocycles. The first-order chi connectivity index (χ1) is 11.7. The molecule has 0 heterocycles. The Morgan fingerprint density at radius 1 is 1.24 bits per heavy atom. The molecule has 3 N–H and O–H groups in total. The Kier molecular flexibility index (Phi) is 10.8. The minimum atomic E-state index is -0.662. The Morgan fingerprint density at radius 2 is 1.92 bits per heavy atom. The maximum atomic E-state index is 11.8. The first-order valence-electron chi connectivity index (χ1n) is 8.18. The lowest BCUT2D eigenvalue weighted by molar-refractivity contribution is -0.128. The molecule has 0 fully saturated rings. The van der Waals surface area contributed by atoms with Gasteiger partial charge in [0.05, 0.1) is 0 Å². The molecule has 0 aliphatic carbocycles. The Bertz CT molecular complexity index is 497. The molecule has 0 bridgehead atoms. The van der Waals surface area contributed by atoms with Crippen molar-refractivity contribution in [3.63, 3.8) is 0 Å². The third-order valence-electron chi connectivity index (χ3n) is 2.99. The van der Waals surface area contributed by atoms with Crippen molar-refractivity contribution in [3.8, 4) is 0 Å². The molecule has 3 amide bonds. The lowest BCUT2D eigenvalue weighted by atomic mass is 10.1. The van der Waals surface area contributed by atoms with Crippen molar-refractivity contribution in [2.45, 2.75) is 58.1 Å². The zero-order chi connectivity index (χ0) is 19.3. The minimum Gasteiger partial charge on any atom is -0.444 e. The van der Waals surface area contributed by atoms with Gasteiger partial charge in [0.2, 0.25) is 11.8 Å². The zero-order valence-corrected chi connectivity index (χ0v) is 15.3. The maximum Gasteiger partial charge on any atom is 0.407 e. The molecule has 1 atom stereocenters. The van der Waals surface area contributed by atoms with E-state index in [-0.39, 0.29) is 24.8 Å². The van der Waals surface area contributed by atoms with E-state index < -0.39 is 17.7 Å². The second-order valence-corrected chi connectivity index (χ2v) is 6.36. The summed E-state index contributed by atoms with van der Waals surface area (Å²) in [4.78, 5) is 37.6. The zero-order valence-electron chi connectivity index (χ0n) is 15.3. The van der Waals surface area contributed by atoms with Gasteiger partial charge >= 0.3 is 6.09 Å². The van der Waals surface area contributed by atoms with Crippen LogP contribution in [0.15, 0.2) is 5.11 Å². The summed E-state index contributed by atoms with van der Waals surface area (Å²) in [5.74, 6) is -0.648. The van der Waals surface area contributed by atoms with Gasteiger partial charge in [-0.25, -0.2) is 4.79 Å². The van der Waals surface area contributed by atoms with Crippen molar-refractivity contribution in [1.29, 1.82) is 0 Å². The van der Waals surface area contributed by atoms with E-state index >= 15 is 0 Å². The molecule has 0 rings (SSSR count). The summed E-state index contributed by atoms with van der Waals surface area (Å²) in [5, 5.41) is 11.0. The molecule has 0 spiro atoms. The summed E-state index contributed by atoms with van der Waals surface area (Å²) in [5.41, 5.74) is 7.63. The fraction of sp³-hybridized carbons (Fsp3) is 0.800. The number of ether oxygens (including phenoxy) is 1. The third kappa shape index (κ3) is 12.6. The van der Waals surface area contributed by atoms with Crippen LogP contribution < -0.4 is 16.0 Å². The van der Waals surface area contributed by atoms with Crippen molar-refractivity contribution in [2.24, 2.45) is 5.11 Å². The smallest absolute Gasteiger partial charge is 0.407 e. The van der Waals surface area contributed by atoms with E-state index in [0.717, 1.165) is 0 Å². The van der Waals surface area contributed by atoms with Gasteiger partial charge in [0.25, 0.3) is 0 Å². The third-order valence-corrected chi connectivity index (χ3v) is 2.99. The molecule has 0 aliphatic heterocycles. The number of carbonyl (C=O) groups is 3. The minimum absolute atomic E-state index is 0.0255. The van der Waals surface area contributed by atoms with E-state index in [0.29, 0.717) is 25.8 Å². The van der Waals surface area contributed by atoms with Crippen LogP contribution in [-0.4, -0.2) is 49.7 Å². The predicted octanol–water partition coefficient (Wildman–Crippen LogP) is 1.61. The van der Waals surface area contributed by atoms with E-state index in [1.807, 2.05) is 0 Å². The van der Waals surface area contributed by atoms with Gasteiger partial charge in [-0.15, -0.1) is 0 Å². The molecule has 142 valence electrons. The van der Waals surface area contributed by atoms with Crippen LogP contribution in [0.4, 0.5) is 4.79 Å². The Hall–Kier alpha value is -2.48. The maximum absolute atomic E-state index is 11.8. The summed E-state index contributed by atoms with van der Waals surface area (Å²) >= 11 is 0. The van der Waals surface area contributed by atoms with Crippen LogP contribution in [0.5, 0.6) is 0 Å². The molecule has 25 heavy (non-hydrogen) atoms. The summed E-state index contributed by atoms with van der Waals surface area (Å²) in [6.45, 7) is 5.81. The van der Waals surface area contributed by atoms with E-state index in [9.17, 15) is 14.4 Å². The summed E-state index contributed by atoms with van der Waals surface area (Å²) in [6.07, 6.45) is 1.24. The van der Waals surface area contributed by atoms with E-state index in [1.165, 1.54) is 7.05 Å². The van der Waals surface area contributed by atoms with Gasteiger partial charge < -0.3 is 20.7 Å². The van der Waals surface area contributed by atoms with Crippen LogP contribution in [0, 0.1) is 0 Å². The normalized spacial score (nSPS) is 11.7. The second-order valence-electron chi connectivity index (χ2n) is 6.36. The number of likely N-dealkylation sites (N-methyl/N-ethyl adjacent to an activating group) is 1. The highest BCUT2D eigenvalue weighted by Gasteiger charge is 2.19. The number of carbonyl (C=O) groups excluding carboxylic acids is 3. The quantitative estimate of drug-likeness (QED) is 0.236. The van der Waals surface area contributed by atoms with Crippen molar-refractivity contribution < 1.29 is 19.1 Å². The number of amides is 3. The number of hydrogen-bond acceptors (Lipinski definition) is 5. The SMILES string of the molecule is CNC(=O)[C@H](CCCCNC(=O)OC(C)(C)C)NC(=O)CCN=[N+]=[N-]. The highest BCUT2D eigenvalue weighted by atomic mass is 16.6. The molecule has 0 unspecified atom stereocenters. The Balaban J connectivity index is 4.16. The molecule has 0 radical (unpaired) electrons. The highest BCUT2D eigenvalue weighted by Crippen LogP contribution is 2.07. The highest BCUT2D eigenvalue weighted by molar-refractivity contribution is 5.87. The van der Waals surface area contributed by atoms with Gasteiger partial charge in [0, 0.05) is 31.5 Å². The first kappa shape index (κ1) is 22.5. The van der Waals surface area contributed by atoms with E-state index in [4.69, 9.17) is 10.3 Å². The molecule has 0 aromatic rings. The largest absolute Gasteiger partial charge is 0.444 e. The number of unbranched alkanes of at least 4 members (excludes halogenated alkanes) is 1. The standard InChI is InChI=1S/C15H28N6O4/c1-15(2,3)25-14(24)18-9-6-5-7-11(13(23)17-4)20-12(22)8-10-19-21-16/h11H,5-10H2,1-4H3,(H,17,23)(H,18,24)(H,20,22)/t11-/m0/s1. The van der Waals surface area contributed by atoms with Crippen LogP contribution in [-0.2, 0) is 14.3 Å². The van der Waals surface area contributed by atoms with E-state index in [2.05, 4.69) is 26.0 Å². The Labute approximate surface area is 147 Å². The van der Waals surface area contributed by atoms with Gasteiger partial charge in [0.15, 0.2) is 0 Å². The lowest BCUT2D eigenvalue weighted by Gasteiger charge is -2.20. The average Bonchev–Trinajstić information content (AvgIpc) is 2.51. The van der Waals surface area contributed by atoms with E-state index in [1.54, 1.807) is 20.8 Å². The summed E-state index contributed by atoms with van der Waals surface area (Å²) < 4.78 is 5.11. The van der Waals surface area contributed by atoms with Gasteiger partial charge in [0.1, 0.15) is 11.6 Å². The monoisotopic (exact) mass is 356 g/mol.